The first-order valence-electron chi connectivity index (χ1n) is 7.69. The van der Waals surface area contributed by atoms with Gasteiger partial charge in [-0.25, -0.2) is 4.98 Å². The second-order valence-corrected chi connectivity index (χ2v) is 8.08. The van der Waals surface area contributed by atoms with Gasteiger partial charge in [-0.15, -0.1) is 11.3 Å². The van der Waals surface area contributed by atoms with Gasteiger partial charge in [0.2, 0.25) is 5.91 Å². The van der Waals surface area contributed by atoms with Crippen LogP contribution in [0.3, 0.4) is 0 Å². The standard InChI is InChI=1S/C17H16Cl2N2O3S/c1-17(16(23)24)4-5-21(9-17)14(22)7-11-8-25-15(20-11)12-3-2-10(18)6-13(12)19/h2-3,6,8H,4-5,7,9H2,1H3,(H,23,24). The summed E-state index contributed by atoms with van der Waals surface area (Å²) >= 11 is 13.5. The number of nitrogens with zero attached hydrogens (tertiary/aromatic N) is 2. The quantitative estimate of drug-likeness (QED) is 0.844. The number of carboxylic acids is 1. The van der Waals surface area contributed by atoms with E-state index in [1.54, 1.807) is 30.0 Å². The molecule has 1 aromatic carbocycles. The first-order chi connectivity index (χ1) is 11.8. The summed E-state index contributed by atoms with van der Waals surface area (Å²) in [4.78, 5) is 29.8. The minimum absolute atomic E-state index is 0.107. The van der Waals surface area contributed by atoms with Crippen LogP contribution >= 0.6 is 34.5 Å². The number of halogens is 2. The predicted molar refractivity (Wildman–Crippen MR) is 98.2 cm³/mol. The molecule has 0 radical (unpaired) electrons. The number of benzene rings is 1. The Labute approximate surface area is 159 Å². The average molecular weight is 399 g/mol. The molecule has 132 valence electrons. The lowest BCUT2D eigenvalue weighted by atomic mass is 9.90. The fourth-order valence-corrected chi connectivity index (χ4v) is 4.20. The third-order valence-corrected chi connectivity index (χ3v) is 5.86. The van der Waals surface area contributed by atoms with E-state index in [0.29, 0.717) is 28.7 Å². The highest BCUT2D eigenvalue weighted by Gasteiger charge is 2.42. The van der Waals surface area contributed by atoms with Crippen molar-refractivity contribution < 1.29 is 14.7 Å². The van der Waals surface area contributed by atoms with Crippen LogP contribution in [0.4, 0.5) is 0 Å². The minimum Gasteiger partial charge on any atom is -0.481 e. The Kier molecular flexibility index (Phi) is 5.04. The molecule has 2 heterocycles. The lowest BCUT2D eigenvalue weighted by Gasteiger charge is -2.19. The average Bonchev–Trinajstić information content (AvgIpc) is 3.15. The zero-order valence-electron chi connectivity index (χ0n) is 13.5. The Hall–Kier alpha value is -1.63. The van der Waals surface area contributed by atoms with E-state index < -0.39 is 11.4 Å². The number of carbonyl (C=O) groups excluding carboxylic acids is 1. The van der Waals surface area contributed by atoms with E-state index in [4.69, 9.17) is 23.2 Å². The molecule has 1 atom stereocenters. The molecule has 5 nitrogen and oxygen atoms in total. The summed E-state index contributed by atoms with van der Waals surface area (Å²) in [6.45, 7) is 2.37. The van der Waals surface area contributed by atoms with Crippen molar-refractivity contribution in [2.75, 3.05) is 13.1 Å². The van der Waals surface area contributed by atoms with Crippen LogP contribution in [0.2, 0.25) is 10.0 Å². The molecule has 1 amide bonds. The highest BCUT2D eigenvalue weighted by molar-refractivity contribution is 7.13. The largest absolute Gasteiger partial charge is 0.481 e. The molecular weight excluding hydrogens is 383 g/mol. The molecule has 1 fully saturated rings. The third kappa shape index (κ3) is 3.81. The van der Waals surface area contributed by atoms with Crippen LogP contribution in [0.5, 0.6) is 0 Å². The number of thiazole rings is 1. The Bertz CT molecular complexity index is 839. The smallest absolute Gasteiger partial charge is 0.311 e. The summed E-state index contributed by atoms with van der Waals surface area (Å²) in [6, 6.07) is 5.20. The van der Waals surface area contributed by atoms with Gasteiger partial charge in [-0.1, -0.05) is 23.2 Å². The number of rotatable bonds is 4. The van der Waals surface area contributed by atoms with Gasteiger partial charge in [-0.2, -0.15) is 0 Å². The van der Waals surface area contributed by atoms with Crippen LogP contribution in [-0.4, -0.2) is 40.0 Å². The molecule has 25 heavy (non-hydrogen) atoms. The molecule has 1 N–H and O–H groups in total. The van der Waals surface area contributed by atoms with Gasteiger partial charge in [0.05, 0.1) is 22.6 Å². The predicted octanol–water partition coefficient (Wildman–Crippen LogP) is 3.98. The number of hydrogen-bond acceptors (Lipinski definition) is 4. The molecule has 1 aliphatic rings. The molecule has 1 unspecified atom stereocenters. The van der Waals surface area contributed by atoms with Crippen LogP contribution in [0, 0.1) is 5.41 Å². The second kappa shape index (κ2) is 6.94. The highest BCUT2D eigenvalue weighted by atomic mass is 35.5. The van der Waals surface area contributed by atoms with E-state index in [1.165, 1.54) is 11.3 Å². The number of aromatic nitrogens is 1. The summed E-state index contributed by atoms with van der Waals surface area (Å²) < 4.78 is 0. The Balaban J connectivity index is 1.70. The molecule has 0 bridgehead atoms. The van der Waals surface area contributed by atoms with Crippen LogP contribution in [0.15, 0.2) is 23.6 Å². The second-order valence-electron chi connectivity index (χ2n) is 6.38. The van der Waals surface area contributed by atoms with Crippen molar-refractivity contribution in [3.05, 3.63) is 39.3 Å². The van der Waals surface area contributed by atoms with Crippen molar-refractivity contribution in [2.45, 2.75) is 19.8 Å². The Morgan fingerprint density at radius 1 is 1.40 bits per heavy atom. The van der Waals surface area contributed by atoms with Gasteiger partial charge >= 0.3 is 5.97 Å². The number of carbonyl (C=O) groups is 2. The number of hydrogen-bond donors (Lipinski definition) is 1. The fourth-order valence-electron chi connectivity index (χ4n) is 2.79. The van der Waals surface area contributed by atoms with Crippen LogP contribution in [0.1, 0.15) is 19.0 Å². The first kappa shape index (κ1) is 18.2. The first-order valence-corrected chi connectivity index (χ1v) is 9.33. The fraction of sp³-hybridized carbons (Fsp3) is 0.353. The van der Waals surface area contributed by atoms with Crippen LogP contribution < -0.4 is 0 Å². The van der Waals surface area contributed by atoms with Crippen molar-refractivity contribution in [1.29, 1.82) is 0 Å². The number of likely N-dealkylation sites (tertiary alicyclic amines) is 1. The summed E-state index contributed by atoms with van der Waals surface area (Å²) in [5.41, 5.74) is 0.564. The van der Waals surface area contributed by atoms with Crippen LogP contribution in [-0.2, 0) is 16.0 Å². The van der Waals surface area contributed by atoms with Crippen molar-refractivity contribution in [2.24, 2.45) is 5.41 Å². The molecule has 0 saturated carbocycles. The lowest BCUT2D eigenvalue weighted by molar-refractivity contribution is -0.147. The number of aliphatic carboxylic acids is 1. The monoisotopic (exact) mass is 398 g/mol. The van der Waals surface area contributed by atoms with Gasteiger partial charge in [0.1, 0.15) is 5.01 Å². The van der Waals surface area contributed by atoms with Gasteiger partial charge < -0.3 is 10.0 Å². The SMILES string of the molecule is CC1(C(=O)O)CCN(C(=O)Cc2csc(-c3ccc(Cl)cc3Cl)n2)C1. The van der Waals surface area contributed by atoms with Crippen LogP contribution in [0.25, 0.3) is 10.6 Å². The minimum atomic E-state index is -0.865. The molecule has 1 saturated heterocycles. The number of carboxylic acid groups (broad SMARTS) is 1. The van der Waals surface area contributed by atoms with E-state index in [2.05, 4.69) is 4.98 Å². The van der Waals surface area contributed by atoms with Crippen molar-refractivity contribution in [1.82, 2.24) is 9.88 Å². The highest BCUT2D eigenvalue weighted by Crippen LogP contribution is 2.33. The van der Waals surface area contributed by atoms with Crippen molar-refractivity contribution in [3.8, 4) is 10.6 Å². The summed E-state index contributed by atoms with van der Waals surface area (Å²) in [6.07, 6.45) is 0.619. The summed E-state index contributed by atoms with van der Waals surface area (Å²) in [5, 5.41) is 12.9. The van der Waals surface area contributed by atoms with Gasteiger partial charge in [0, 0.05) is 29.1 Å². The van der Waals surface area contributed by atoms with Crippen molar-refractivity contribution >= 4 is 46.4 Å². The third-order valence-electron chi connectivity index (χ3n) is 4.39. The maximum atomic E-state index is 12.4. The number of amides is 1. The van der Waals surface area contributed by atoms with E-state index >= 15 is 0 Å². The molecule has 0 spiro atoms. The van der Waals surface area contributed by atoms with E-state index in [-0.39, 0.29) is 18.9 Å². The zero-order chi connectivity index (χ0) is 18.2. The molecule has 1 aliphatic heterocycles. The van der Waals surface area contributed by atoms with Gasteiger partial charge in [0.25, 0.3) is 0 Å². The topological polar surface area (TPSA) is 70.5 Å². The molecule has 2 aromatic rings. The maximum Gasteiger partial charge on any atom is 0.311 e. The maximum absolute atomic E-state index is 12.4. The van der Waals surface area contributed by atoms with Gasteiger partial charge in [-0.3, -0.25) is 9.59 Å². The lowest BCUT2D eigenvalue weighted by Crippen LogP contribution is -2.35. The molecule has 1 aromatic heterocycles. The Morgan fingerprint density at radius 2 is 2.16 bits per heavy atom. The Morgan fingerprint density at radius 3 is 2.80 bits per heavy atom. The normalized spacial score (nSPS) is 20.0. The summed E-state index contributed by atoms with van der Waals surface area (Å²) in [5.74, 6) is -0.972. The molecule has 3 rings (SSSR count). The van der Waals surface area contributed by atoms with Crippen molar-refractivity contribution in [3.63, 3.8) is 0 Å². The van der Waals surface area contributed by atoms with E-state index in [1.807, 2.05) is 5.38 Å². The van der Waals surface area contributed by atoms with Gasteiger partial charge in [-0.05, 0) is 31.5 Å². The molecular formula is C17H16Cl2N2O3S. The molecule has 8 heteroatoms. The van der Waals surface area contributed by atoms with E-state index in [0.717, 1.165) is 10.6 Å². The zero-order valence-corrected chi connectivity index (χ0v) is 15.8. The van der Waals surface area contributed by atoms with Gasteiger partial charge in [0.15, 0.2) is 0 Å². The summed E-state index contributed by atoms with van der Waals surface area (Å²) in [7, 11) is 0. The molecule has 0 aliphatic carbocycles. The van der Waals surface area contributed by atoms with E-state index in [9.17, 15) is 14.7 Å².